The lowest BCUT2D eigenvalue weighted by atomic mass is 10.2. The maximum absolute atomic E-state index is 10.6. The number of hydrogen-bond acceptors (Lipinski definition) is 3. The van der Waals surface area contributed by atoms with E-state index in [1.165, 1.54) is 7.11 Å². The zero-order chi connectivity index (χ0) is 9.84. The Morgan fingerprint density at radius 2 is 2.15 bits per heavy atom. The van der Waals surface area contributed by atoms with Crippen molar-refractivity contribution in [2.24, 2.45) is 0 Å². The second kappa shape index (κ2) is 4.46. The third kappa shape index (κ3) is 2.12. The number of carbonyl (C=O) groups is 1. The van der Waals surface area contributed by atoms with Gasteiger partial charge < -0.3 is 0 Å². The molecular weight excluding hydrogens is 213 g/mol. The summed E-state index contributed by atoms with van der Waals surface area (Å²) in [5, 5.41) is 0.575. The lowest BCUT2D eigenvalue weighted by Crippen LogP contribution is -1.98. The number of rotatable bonds is 3. The third-order valence-electron chi connectivity index (χ3n) is 1.46. The molecule has 0 spiro atoms. The molecule has 0 heterocycles. The molecule has 3 nitrogen and oxygen atoms in total. The molecule has 1 aromatic carbocycles. The molecule has 1 aromatic rings. The molecule has 0 radical (unpaired) electrons. The molecule has 0 aliphatic rings. The average molecular weight is 220 g/mol. The van der Waals surface area contributed by atoms with Crippen LogP contribution in [0.4, 0.5) is 5.69 Å². The van der Waals surface area contributed by atoms with Gasteiger partial charge in [-0.05, 0) is 12.1 Å². The summed E-state index contributed by atoms with van der Waals surface area (Å²) in [5.41, 5.74) is 3.29. The van der Waals surface area contributed by atoms with Gasteiger partial charge in [0.1, 0.15) is 0 Å². The van der Waals surface area contributed by atoms with Crippen LogP contribution in [0.1, 0.15) is 10.4 Å². The molecule has 0 saturated carbocycles. The van der Waals surface area contributed by atoms with Gasteiger partial charge in [-0.3, -0.25) is 15.1 Å². The second-order valence-corrected chi connectivity index (χ2v) is 3.03. The Morgan fingerprint density at radius 3 is 2.69 bits per heavy atom. The van der Waals surface area contributed by atoms with Crippen molar-refractivity contribution in [1.29, 1.82) is 0 Å². The summed E-state index contributed by atoms with van der Waals surface area (Å²) in [6.45, 7) is 0. The van der Waals surface area contributed by atoms with Gasteiger partial charge >= 0.3 is 0 Å². The number of carbonyl (C=O) groups excluding carboxylic acids is 1. The highest BCUT2D eigenvalue weighted by atomic mass is 35.5. The van der Waals surface area contributed by atoms with Gasteiger partial charge in [0.15, 0.2) is 6.29 Å². The molecule has 13 heavy (non-hydrogen) atoms. The Balaban J connectivity index is 3.19. The SMILES string of the molecule is CONc1ccc(Cl)c(C=O)c1Cl. The van der Waals surface area contributed by atoms with E-state index >= 15 is 0 Å². The first-order valence-corrected chi connectivity index (χ1v) is 4.18. The van der Waals surface area contributed by atoms with Crippen LogP contribution >= 0.6 is 23.2 Å². The molecule has 0 aliphatic carbocycles. The molecular formula is C8H7Cl2NO2. The Hall–Kier alpha value is -0.770. The largest absolute Gasteiger partial charge is 0.298 e. The summed E-state index contributed by atoms with van der Waals surface area (Å²) < 4.78 is 0. The molecule has 1 rings (SSSR count). The molecule has 0 atom stereocenters. The highest BCUT2D eigenvalue weighted by Gasteiger charge is 2.09. The molecule has 0 aromatic heterocycles. The van der Waals surface area contributed by atoms with Crippen LogP contribution in [0.15, 0.2) is 12.1 Å². The van der Waals surface area contributed by atoms with Crippen LogP contribution in [0.25, 0.3) is 0 Å². The zero-order valence-corrected chi connectivity index (χ0v) is 8.32. The van der Waals surface area contributed by atoms with E-state index in [4.69, 9.17) is 23.2 Å². The fourth-order valence-corrected chi connectivity index (χ4v) is 1.36. The maximum atomic E-state index is 10.6. The summed E-state index contributed by atoms with van der Waals surface area (Å²) in [4.78, 5) is 15.2. The van der Waals surface area contributed by atoms with Crippen molar-refractivity contribution in [2.75, 3.05) is 12.6 Å². The minimum absolute atomic E-state index is 0.254. The second-order valence-electron chi connectivity index (χ2n) is 2.25. The first kappa shape index (κ1) is 10.3. The van der Waals surface area contributed by atoms with Gasteiger partial charge in [0.25, 0.3) is 0 Å². The van der Waals surface area contributed by atoms with Crippen molar-refractivity contribution in [3.63, 3.8) is 0 Å². The lowest BCUT2D eigenvalue weighted by Gasteiger charge is -2.07. The molecule has 0 saturated heterocycles. The van der Waals surface area contributed by atoms with Crippen molar-refractivity contribution in [3.8, 4) is 0 Å². The molecule has 0 bridgehead atoms. The fourth-order valence-electron chi connectivity index (χ4n) is 0.866. The van der Waals surface area contributed by atoms with Crippen LogP contribution in [0, 0.1) is 0 Å². The van der Waals surface area contributed by atoms with Crippen molar-refractivity contribution in [2.45, 2.75) is 0 Å². The van der Waals surface area contributed by atoms with Crippen molar-refractivity contribution < 1.29 is 9.63 Å². The average Bonchev–Trinajstić information content (AvgIpc) is 2.11. The standard InChI is InChI=1S/C8H7Cl2NO2/c1-13-11-7-3-2-6(9)5(4-12)8(7)10/h2-4,11H,1H3. The monoisotopic (exact) mass is 219 g/mol. The van der Waals surface area contributed by atoms with Crippen molar-refractivity contribution in [3.05, 3.63) is 27.7 Å². The Bertz CT molecular complexity index is 328. The summed E-state index contributed by atoms with van der Waals surface area (Å²) >= 11 is 11.6. The predicted molar refractivity (Wildman–Crippen MR) is 52.5 cm³/mol. The van der Waals surface area contributed by atoms with Gasteiger partial charge in [-0.25, -0.2) is 0 Å². The van der Waals surface area contributed by atoms with E-state index in [9.17, 15) is 4.79 Å². The third-order valence-corrected chi connectivity index (χ3v) is 2.19. The van der Waals surface area contributed by atoms with E-state index in [2.05, 4.69) is 10.3 Å². The van der Waals surface area contributed by atoms with Crippen LogP contribution in [-0.4, -0.2) is 13.4 Å². The minimum Gasteiger partial charge on any atom is -0.298 e. The van der Waals surface area contributed by atoms with Gasteiger partial charge in [0, 0.05) is 0 Å². The Labute approximate surface area is 85.5 Å². The van der Waals surface area contributed by atoms with Crippen LogP contribution in [0.5, 0.6) is 0 Å². The number of benzene rings is 1. The van der Waals surface area contributed by atoms with E-state index in [1.54, 1.807) is 12.1 Å². The molecule has 0 fully saturated rings. The highest BCUT2D eigenvalue weighted by molar-refractivity contribution is 6.40. The quantitative estimate of drug-likeness (QED) is 0.628. The Kier molecular flexibility index (Phi) is 3.54. The number of hydrogen-bond donors (Lipinski definition) is 1. The van der Waals surface area contributed by atoms with Crippen LogP contribution in [-0.2, 0) is 4.84 Å². The van der Waals surface area contributed by atoms with Crippen molar-refractivity contribution in [1.82, 2.24) is 0 Å². The lowest BCUT2D eigenvalue weighted by molar-refractivity contribution is 0.112. The molecule has 70 valence electrons. The van der Waals surface area contributed by atoms with E-state index < -0.39 is 0 Å². The van der Waals surface area contributed by atoms with Crippen LogP contribution in [0.3, 0.4) is 0 Å². The zero-order valence-electron chi connectivity index (χ0n) is 6.80. The molecule has 5 heteroatoms. The number of nitrogens with one attached hydrogen (secondary N) is 1. The Morgan fingerprint density at radius 1 is 1.46 bits per heavy atom. The van der Waals surface area contributed by atoms with E-state index in [0.29, 0.717) is 17.0 Å². The first-order chi connectivity index (χ1) is 6.20. The van der Waals surface area contributed by atoms with Gasteiger partial charge in [0.05, 0.1) is 28.4 Å². The fraction of sp³-hybridized carbons (Fsp3) is 0.125. The van der Waals surface area contributed by atoms with Crippen molar-refractivity contribution >= 4 is 35.2 Å². The molecule has 1 N–H and O–H groups in total. The molecule has 0 amide bonds. The molecule has 0 unspecified atom stereocenters. The van der Waals surface area contributed by atoms with Gasteiger partial charge in [-0.2, -0.15) is 0 Å². The first-order valence-electron chi connectivity index (χ1n) is 3.43. The van der Waals surface area contributed by atoms with Gasteiger partial charge in [-0.15, -0.1) is 0 Å². The number of anilines is 1. The normalized spacial score (nSPS) is 9.77. The number of aldehydes is 1. The topological polar surface area (TPSA) is 38.3 Å². The van der Waals surface area contributed by atoms with Gasteiger partial charge in [0.2, 0.25) is 0 Å². The summed E-state index contributed by atoms with van der Waals surface area (Å²) in [7, 11) is 1.45. The van der Waals surface area contributed by atoms with Crippen LogP contribution < -0.4 is 5.48 Å². The van der Waals surface area contributed by atoms with E-state index in [1.807, 2.05) is 0 Å². The smallest absolute Gasteiger partial charge is 0.153 e. The minimum atomic E-state index is 0.254. The van der Waals surface area contributed by atoms with Crippen LogP contribution in [0.2, 0.25) is 10.0 Å². The summed E-state index contributed by atoms with van der Waals surface area (Å²) in [6, 6.07) is 3.19. The number of halogens is 2. The summed E-state index contributed by atoms with van der Waals surface area (Å²) in [5.74, 6) is 0. The summed E-state index contributed by atoms with van der Waals surface area (Å²) in [6.07, 6.45) is 0.603. The molecule has 0 aliphatic heterocycles. The van der Waals surface area contributed by atoms with E-state index in [-0.39, 0.29) is 10.6 Å². The highest BCUT2D eigenvalue weighted by Crippen LogP contribution is 2.30. The predicted octanol–water partition coefficient (Wildman–Crippen LogP) is 2.78. The van der Waals surface area contributed by atoms with Gasteiger partial charge in [-0.1, -0.05) is 23.2 Å². The maximum Gasteiger partial charge on any atom is 0.153 e. The van der Waals surface area contributed by atoms with E-state index in [0.717, 1.165) is 0 Å².